The smallest absolute Gasteiger partial charge is 0.134 e. The molecule has 4 heteroatoms. The number of thiazole rings is 1. The van der Waals surface area contributed by atoms with Crippen LogP contribution >= 0.6 is 11.3 Å². The Hall–Kier alpha value is -3.42. The van der Waals surface area contributed by atoms with Gasteiger partial charge in [-0.05, 0) is 34.5 Å². The summed E-state index contributed by atoms with van der Waals surface area (Å²) in [7, 11) is 1.65. The molecule has 3 aromatic carbocycles. The molecule has 4 aromatic rings. The zero-order valence-corrected chi connectivity index (χ0v) is 15.5. The molecular formula is C23H16N2OS. The molecule has 0 aliphatic rings. The average molecular weight is 368 g/mol. The minimum atomic E-state index is 0.561. The predicted octanol–water partition coefficient (Wildman–Crippen LogP) is 6.04. The van der Waals surface area contributed by atoms with E-state index in [4.69, 9.17) is 4.74 Å². The lowest BCUT2D eigenvalue weighted by Crippen LogP contribution is -1.86. The minimum absolute atomic E-state index is 0.561. The molecule has 0 amide bonds. The summed E-state index contributed by atoms with van der Waals surface area (Å²) >= 11 is 1.47. The quantitative estimate of drug-likeness (QED) is 0.413. The number of nitriles is 1. The number of hydrogen-bond donors (Lipinski definition) is 0. The first-order valence-corrected chi connectivity index (χ1v) is 9.36. The molecule has 0 saturated carbocycles. The van der Waals surface area contributed by atoms with Gasteiger partial charge >= 0.3 is 0 Å². The van der Waals surface area contributed by atoms with Gasteiger partial charge in [0, 0.05) is 10.9 Å². The molecule has 0 N–H and O–H groups in total. The van der Waals surface area contributed by atoms with Gasteiger partial charge in [0.1, 0.15) is 16.8 Å². The lowest BCUT2D eigenvalue weighted by atomic mass is 10.0. The zero-order valence-electron chi connectivity index (χ0n) is 14.7. The van der Waals surface area contributed by atoms with E-state index < -0.39 is 0 Å². The maximum Gasteiger partial charge on any atom is 0.134 e. The van der Waals surface area contributed by atoms with E-state index in [1.54, 1.807) is 7.11 Å². The third kappa shape index (κ3) is 3.46. The predicted molar refractivity (Wildman–Crippen MR) is 112 cm³/mol. The first-order chi connectivity index (χ1) is 13.3. The van der Waals surface area contributed by atoms with Crippen molar-refractivity contribution in [3.8, 4) is 23.1 Å². The summed E-state index contributed by atoms with van der Waals surface area (Å²) in [6, 6.07) is 24.3. The van der Waals surface area contributed by atoms with Gasteiger partial charge in [-0.1, -0.05) is 54.6 Å². The zero-order chi connectivity index (χ0) is 18.6. The molecule has 3 nitrogen and oxygen atoms in total. The lowest BCUT2D eigenvalue weighted by molar-refractivity contribution is 0.415. The van der Waals surface area contributed by atoms with Gasteiger partial charge in [0.05, 0.1) is 18.4 Å². The van der Waals surface area contributed by atoms with Gasteiger partial charge in [0.25, 0.3) is 0 Å². The second kappa shape index (κ2) is 7.45. The molecule has 0 aliphatic heterocycles. The van der Waals surface area contributed by atoms with Crippen LogP contribution in [0.4, 0.5) is 0 Å². The Kier molecular flexibility index (Phi) is 4.69. The van der Waals surface area contributed by atoms with E-state index >= 15 is 0 Å². The molecule has 0 bridgehead atoms. The molecule has 0 aliphatic carbocycles. The van der Waals surface area contributed by atoms with Crippen LogP contribution in [0.25, 0.3) is 33.7 Å². The van der Waals surface area contributed by atoms with Crippen molar-refractivity contribution in [3.05, 3.63) is 82.7 Å². The molecular weight excluding hydrogens is 352 g/mol. The first kappa shape index (κ1) is 17.0. The molecule has 130 valence electrons. The number of allylic oxidation sites excluding steroid dienone is 1. The summed E-state index contributed by atoms with van der Waals surface area (Å²) in [5.41, 5.74) is 3.39. The van der Waals surface area contributed by atoms with Gasteiger partial charge in [0.15, 0.2) is 0 Å². The summed E-state index contributed by atoms with van der Waals surface area (Å²) in [6.07, 6.45) is 1.91. The standard InChI is InChI=1S/C23H16N2OS/c1-26-20-10-5-9-18(13-20)22-15-27-23(25-22)19(14-24)12-17-8-4-7-16-6-2-3-11-21(16)17/h2-13,15H,1H3. The molecule has 0 unspecified atom stereocenters. The van der Waals surface area contributed by atoms with E-state index in [0.29, 0.717) is 10.6 Å². The van der Waals surface area contributed by atoms with Crippen LogP contribution < -0.4 is 4.74 Å². The summed E-state index contributed by atoms with van der Waals surface area (Å²) in [6.45, 7) is 0. The molecule has 0 spiro atoms. The van der Waals surface area contributed by atoms with Crippen molar-refractivity contribution in [2.45, 2.75) is 0 Å². The van der Waals surface area contributed by atoms with Gasteiger partial charge < -0.3 is 4.74 Å². The monoisotopic (exact) mass is 368 g/mol. The number of fused-ring (bicyclic) bond motifs is 1. The molecule has 1 heterocycles. The first-order valence-electron chi connectivity index (χ1n) is 8.48. The molecule has 1 aromatic heterocycles. The van der Waals surface area contributed by atoms with Gasteiger partial charge in [-0.3, -0.25) is 0 Å². The molecule has 4 rings (SSSR count). The number of benzene rings is 3. The fourth-order valence-electron chi connectivity index (χ4n) is 2.99. The average Bonchev–Trinajstić information content (AvgIpc) is 3.22. The topological polar surface area (TPSA) is 45.9 Å². The van der Waals surface area contributed by atoms with Crippen LogP contribution in [-0.2, 0) is 0 Å². The van der Waals surface area contributed by atoms with E-state index in [0.717, 1.165) is 33.3 Å². The largest absolute Gasteiger partial charge is 0.497 e. The maximum absolute atomic E-state index is 9.70. The number of hydrogen-bond acceptors (Lipinski definition) is 4. The van der Waals surface area contributed by atoms with Crippen molar-refractivity contribution in [3.63, 3.8) is 0 Å². The third-order valence-electron chi connectivity index (χ3n) is 4.34. The van der Waals surface area contributed by atoms with Crippen LogP contribution in [0.1, 0.15) is 10.6 Å². The van der Waals surface area contributed by atoms with Gasteiger partial charge in [-0.25, -0.2) is 4.98 Å². The van der Waals surface area contributed by atoms with Crippen LogP contribution in [-0.4, -0.2) is 12.1 Å². The molecule has 0 saturated heterocycles. The number of nitrogens with zero attached hydrogens (tertiary/aromatic N) is 2. The Morgan fingerprint density at radius 3 is 2.74 bits per heavy atom. The Morgan fingerprint density at radius 2 is 1.89 bits per heavy atom. The van der Waals surface area contributed by atoms with Crippen LogP contribution in [0.2, 0.25) is 0 Å². The Labute approximate surface area is 161 Å². The highest BCUT2D eigenvalue weighted by atomic mass is 32.1. The second-order valence-electron chi connectivity index (χ2n) is 6.01. The maximum atomic E-state index is 9.70. The Morgan fingerprint density at radius 1 is 1.07 bits per heavy atom. The Balaban J connectivity index is 1.74. The number of methoxy groups -OCH3 is 1. The summed E-state index contributed by atoms with van der Waals surface area (Å²) < 4.78 is 5.28. The van der Waals surface area contributed by atoms with Crippen molar-refractivity contribution in [2.75, 3.05) is 7.11 Å². The molecule has 0 atom stereocenters. The second-order valence-corrected chi connectivity index (χ2v) is 6.87. The van der Waals surface area contributed by atoms with Crippen molar-refractivity contribution >= 4 is 33.8 Å². The summed E-state index contributed by atoms with van der Waals surface area (Å²) in [5.74, 6) is 0.786. The SMILES string of the molecule is COc1cccc(-c2csc(C(C#N)=Cc3cccc4ccccc34)n2)c1. The van der Waals surface area contributed by atoms with Crippen LogP contribution in [0.15, 0.2) is 72.1 Å². The third-order valence-corrected chi connectivity index (χ3v) is 5.22. The fourth-order valence-corrected chi connectivity index (χ4v) is 3.78. The Bertz CT molecular complexity index is 1180. The minimum Gasteiger partial charge on any atom is -0.497 e. The molecule has 0 fully saturated rings. The lowest BCUT2D eigenvalue weighted by Gasteiger charge is -2.03. The molecule has 27 heavy (non-hydrogen) atoms. The van der Waals surface area contributed by atoms with Gasteiger partial charge in [-0.2, -0.15) is 5.26 Å². The summed E-state index contributed by atoms with van der Waals surface area (Å²) in [5, 5.41) is 14.7. The highest BCUT2D eigenvalue weighted by Crippen LogP contribution is 2.30. The van der Waals surface area contributed by atoms with Crippen LogP contribution in [0.3, 0.4) is 0 Å². The normalized spacial score (nSPS) is 11.3. The highest BCUT2D eigenvalue weighted by molar-refractivity contribution is 7.11. The number of aromatic nitrogens is 1. The van der Waals surface area contributed by atoms with Crippen LogP contribution in [0, 0.1) is 11.3 Å². The van der Waals surface area contributed by atoms with E-state index in [9.17, 15) is 5.26 Å². The van der Waals surface area contributed by atoms with E-state index in [2.05, 4.69) is 29.3 Å². The van der Waals surface area contributed by atoms with Crippen LogP contribution in [0.5, 0.6) is 5.75 Å². The van der Waals surface area contributed by atoms with Gasteiger partial charge in [-0.15, -0.1) is 11.3 Å². The summed E-state index contributed by atoms with van der Waals surface area (Å²) in [4.78, 5) is 4.68. The molecule has 0 radical (unpaired) electrons. The van der Waals surface area contributed by atoms with E-state index in [-0.39, 0.29) is 0 Å². The van der Waals surface area contributed by atoms with Crippen molar-refractivity contribution in [1.82, 2.24) is 4.98 Å². The fraction of sp³-hybridized carbons (Fsp3) is 0.0435. The van der Waals surface area contributed by atoms with Crippen molar-refractivity contribution in [2.24, 2.45) is 0 Å². The van der Waals surface area contributed by atoms with Gasteiger partial charge in [0.2, 0.25) is 0 Å². The van der Waals surface area contributed by atoms with E-state index in [1.807, 2.05) is 60.0 Å². The van der Waals surface area contributed by atoms with E-state index in [1.165, 1.54) is 11.3 Å². The van der Waals surface area contributed by atoms with Crippen molar-refractivity contribution in [1.29, 1.82) is 5.26 Å². The van der Waals surface area contributed by atoms with Crippen molar-refractivity contribution < 1.29 is 4.74 Å². The number of ether oxygens (including phenoxy) is 1. The number of rotatable bonds is 4. The highest BCUT2D eigenvalue weighted by Gasteiger charge is 2.10.